The van der Waals surface area contributed by atoms with Crippen LogP contribution >= 0.6 is 11.3 Å². The number of carbonyl (C=O) groups is 3. The number of rotatable bonds is 12. The number of carbonyl (C=O) groups excluding carboxylic acids is 3. The van der Waals surface area contributed by atoms with Gasteiger partial charge in [0.1, 0.15) is 23.0 Å². The molecular formula is C31H32N2O8S. The molecule has 11 heteroatoms. The third kappa shape index (κ3) is 6.15. The predicted octanol–water partition coefficient (Wildman–Crippen LogP) is 5.70. The number of nitrogens with zero attached hydrogens (tertiary/aromatic N) is 2. The van der Waals surface area contributed by atoms with Crippen molar-refractivity contribution in [3.05, 3.63) is 82.4 Å². The summed E-state index contributed by atoms with van der Waals surface area (Å²) in [6, 6.07) is 9.82. The van der Waals surface area contributed by atoms with E-state index in [0.717, 1.165) is 29.1 Å². The molecule has 10 nitrogen and oxygen atoms in total. The molecule has 1 fully saturated rings. The van der Waals surface area contributed by atoms with Crippen LogP contribution in [0.4, 0.5) is 5.13 Å². The molecule has 0 saturated carbocycles. The summed E-state index contributed by atoms with van der Waals surface area (Å²) in [5.74, 6) is -2.31. The van der Waals surface area contributed by atoms with Crippen molar-refractivity contribution in [2.24, 2.45) is 0 Å². The zero-order valence-corrected chi connectivity index (χ0v) is 24.4. The third-order valence-electron chi connectivity index (χ3n) is 6.45. The van der Waals surface area contributed by atoms with Crippen LogP contribution in [0.1, 0.15) is 59.2 Å². The Kier molecular flexibility index (Phi) is 9.64. The van der Waals surface area contributed by atoms with Gasteiger partial charge in [-0.25, -0.2) is 9.78 Å². The van der Waals surface area contributed by atoms with Gasteiger partial charge in [0.15, 0.2) is 16.6 Å². The summed E-state index contributed by atoms with van der Waals surface area (Å²) in [6.45, 7) is 9.73. The van der Waals surface area contributed by atoms with E-state index in [1.807, 2.05) is 0 Å². The Hall–Kier alpha value is -4.64. The molecule has 42 heavy (non-hydrogen) atoms. The number of unbranched alkanes of at least 4 members (excludes halogenated alkanes) is 1. The second kappa shape index (κ2) is 13.3. The van der Waals surface area contributed by atoms with Gasteiger partial charge in [-0.3, -0.25) is 14.5 Å². The van der Waals surface area contributed by atoms with E-state index in [-0.39, 0.29) is 40.3 Å². The molecule has 2 aromatic carbocycles. The van der Waals surface area contributed by atoms with E-state index in [4.69, 9.17) is 14.2 Å². The largest absolute Gasteiger partial charge is 0.507 e. The number of ether oxygens (including phenoxy) is 3. The van der Waals surface area contributed by atoms with Gasteiger partial charge in [-0.15, -0.1) is 0 Å². The molecule has 220 valence electrons. The minimum atomic E-state index is -1.15. The number of phenols is 1. The highest BCUT2D eigenvalue weighted by Crippen LogP contribution is 2.45. The Labute approximate surface area is 247 Å². The Morgan fingerprint density at radius 2 is 1.88 bits per heavy atom. The van der Waals surface area contributed by atoms with Crippen LogP contribution in [0.15, 0.2) is 60.7 Å². The highest BCUT2D eigenvalue weighted by atomic mass is 32.1. The molecule has 4 rings (SSSR count). The molecule has 0 radical (unpaired) electrons. The Morgan fingerprint density at radius 1 is 1.14 bits per heavy atom. The fourth-order valence-corrected chi connectivity index (χ4v) is 5.38. The van der Waals surface area contributed by atoms with Crippen molar-refractivity contribution in [2.45, 2.75) is 39.7 Å². The number of Topliss-reactive ketones (excluding diaryl/α,β-unsaturated/α-hetero) is 1. The standard InChI is InChI=1S/C31H32N2O8S/c1-5-8-16-40-21-12-9-19(10-13-21)26(35)24-25(20-11-14-22(34)23(17-20)39-7-3)33(29(37)27(24)36)31-32-18(4)28(42-31)30(38)41-15-6-2/h6,9-14,17,25,34-35H,2,5,7-8,15-16H2,1,3-4H3/t25-/m0/s1. The lowest BCUT2D eigenvalue weighted by Crippen LogP contribution is -2.29. The maximum Gasteiger partial charge on any atom is 0.350 e. The number of phenolic OH excluding ortho intramolecular Hbond substituents is 1. The summed E-state index contributed by atoms with van der Waals surface area (Å²) in [5, 5.41) is 21.8. The number of aliphatic hydroxyl groups is 1. The monoisotopic (exact) mass is 592 g/mol. The maximum absolute atomic E-state index is 13.5. The number of ketones is 1. The number of anilines is 1. The van der Waals surface area contributed by atoms with Gasteiger partial charge in [0.2, 0.25) is 0 Å². The summed E-state index contributed by atoms with van der Waals surface area (Å²) < 4.78 is 16.4. The van der Waals surface area contributed by atoms with Gasteiger partial charge in [-0.05, 0) is 62.2 Å². The Morgan fingerprint density at radius 3 is 2.55 bits per heavy atom. The van der Waals surface area contributed by atoms with E-state index >= 15 is 0 Å². The second-order valence-corrected chi connectivity index (χ2v) is 10.3. The number of hydrogen-bond donors (Lipinski definition) is 2. The molecule has 2 heterocycles. The molecular weight excluding hydrogens is 560 g/mol. The van der Waals surface area contributed by atoms with Crippen molar-refractivity contribution >= 4 is 39.9 Å². The molecule has 2 N–H and O–H groups in total. The molecule has 1 aliphatic heterocycles. The first-order chi connectivity index (χ1) is 20.2. The molecule has 0 unspecified atom stereocenters. The first-order valence-electron chi connectivity index (χ1n) is 13.5. The Balaban J connectivity index is 1.84. The number of aliphatic hydroxyl groups excluding tert-OH is 1. The molecule has 1 saturated heterocycles. The van der Waals surface area contributed by atoms with Crippen LogP contribution in [0.25, 0.3) is 5.76 Å². The molecule has 0 spiro atoms. The molecule has 1 aromatic heterocycles. The smallest absolute Gasteiger partial charge is 0.350 e. The van der Waals surface area contributed by atoms with E-state index in [1.165, 1.54) is 24.3 Å². The first-order valence-corrected chi connectivity index (χ1v) is 14.3. The van der Waals surface area contributed by atoms with E-state index in [2.05, 4.69) is 18.5 Å². The molecule has 1 aliphatic rings. The number of aromatic hydroxyl groups is 1. The summed E-state index contributed by atoms with van der Waals surface area (Å²) in [4.78, 5) is 45.4. The molecule has 1 amide bonds. The number of esters is 1. The molecule has 0 aliphatic carbocycles. The van der Waals surface area contributed by atoms with E-state index in [0.29, 0.717) is 29.2 Å². The van der Waals surface area contributed by atoms with Gasteiger partial charge in [-0.2, -0.15) is 0 Å². The topological polar surface area (TPSA) is 135 Å². The number of thiazole rings is 1. The van der Waals surface area contributed by atoms with Gasteiger partial charge < -0.3 is 24.4 Å². The van der Waals surface area contributed by atoms with Crippen LogP contribution in [-0.4, -0.2) is 52.7 Å². The van der Waals surface area contributed by atoms with Gasteiger partial charge in [0, 0.05) is 5.56 Å². The predicted molar refractivity (Wildman–Crippen MR) is 158 cm³/mol. The summed E-state index contributed by atoms with van der Waals surface area (Å²) in [6.07, 6.45) is 3.31. The summed E-state index contributed by atoms with van der Waals surface area (Å²) in [5.41, 5.74) is 0.800. The van der Waals surface area contributed by atoms with E-state index in [9.17, 15) is 24.6 Å². The fraction of sp³-hybridized carbons (Fsp3) is 0.290. The number of benzene rings is 2. The van der Waals surface area contributed by atoms with Gasteiger partial charge in [-0.1, -0.05) is 43.4 Å². The minimum Gasteiger partial charge on any atom is -0.507 e. The lowest BCUT2D eigenvalue weighted by Gasteiger charge is -2.23. The minimum absolute atomic E-state index is 0.00777. The van der Waals surface area contributed by atoms with Crippen LogP contribution < -0.4 is 14.4 Å². The summed E-state index contributed by atoms with van der Waals surface area (Å²) in [7, 11) is 0. The van der Waals surface area contributed by atoms with Crippen molar-refractivity contribution in [3.8, 4) is 17.2 Å². The number of hydrogen-bond acceptors (Lipinski definition) is 10. The van der Waals surface area contributed by atoms with Crippen molar-refractivity contribution in [1.82, 2.24) is 4.98 Å². The molecule has 3 aromatic rings. The normalized spacial score (nSPS) is 16.0. The van der Waals surface area contributed by atoms with Crippen molar-refractivity contribution < 1.29 is 38.8 Å². The molecule has 0 bridgehead atoms. The lowest BCUT2D eigenvalue weighted by molar-refractivity contribution is -0.132. The van der Waals surface area contributed by atoms with Crippen molar-refractivity contribution in [2.75, 3.05) is 24.7 Å². The third-order valence-corrected chi connectivity index (χ3v) is 7.58. The zero-order chi connectivity index (χ0) is 30.4. The van der Waals surface area contributed by atoms with Gasteiger partial charge in [0.25, 0.3) is 5.78 Å². The maximum atomic E-state index is 13.5. The zero-order valence-electron chi connectivity index (χ0n) is 23.6. The second-order valence-electron chi connectivity index (χ2n) is 9.35. The first kappa shape index (κ1) is 30.3. The summed E-state index contributed by atoms with van der Waals surface area (Å²) >= 11 is 0.890. The van der Waals surface area contributed by atoms with Crippen LogP contribution in [0.3, 0.4) is 0 Å². The quantitative estimate of drug-likeness (QED) is 0.0677. The van der Waals surface area contributed by atoms with Gasteiger partial charge >= 0.3 is 11.9 Å². The SMILES string of the molecule is C=CCOC(=O)c1sc(N2C(=O)C(=O)C(=C(O)c3ccc(OCCCC)cc3)[C@@H]2c2ccc(O)c(OCC)c2)nc1C. The lowest BCUT2D eigenvalue weighted by atomic mass is 9.95. The molecule has 1 atom stereocenters. The Bertz CT molecular complexity index is 1530. The number of aromatic nitrogens is 1. The average Bonchev–Trinajstić information content (AvgIpc) is 3.49. The highest BCUT2D eigenvalue weighted by molar-refractivity contribution is 7.17. The van der Waals surface area contributed by atoms with Crippen LogP contribution in [0, 0.1) is 6.92 Å². The number of amides is 1. The van der Waals surface area contributed by atoms with Crippen LogP contribution in [0.5, 0.6) is 17.2 Å². The average molecular weight is 593 g/mol. The van der Waals surface area contributed by atoms with Crippen LogP contribution in [-0.2, 0) is 14.3 Å². The van der Waals surface area contributed by atoms with Gasteiger partial charge in [0.05, 0.1) is 30.5 Å². The van der Waals surface area contributed by atoms with E-state index in [1.54, 1.807) is 38.1 Å². The van der Waals surface area contributed by atoms with Crippen molar-refractivity contribution in [1.29, 1.82) is 0 Å². The fourth-order valence-electron chi connectivity index (χ4n) is 4.39. The van der Waals surface area contributed by atoms with Crippen LogP contribution in [0.2, 0.25) is 0 Å². The number of aryl methyl sites for hydroxylation is 1. The van der Waals surface area contributed by atoms with Crippen molar-refractivity contribution in [3.63, 3.8) is 0 Å². The van der Waals surface area contributed by atoms with E-state index < -0.39 is 29.5 Å². The highest BCUT2D eigenvalue weighted by Gasteiger charge is 2.48.